The predicted octanol–water partition coefficient (Wildman–Crippen LogP) is 1.64. The highest BCUT2D eigenvalue weighted by Crippen LogP contribution is 2.15. The van der Waals surface area contributed by atoms with Crippen LogP contribution in [0.15, 0.2) is 0 Å². The van der Waals surface area contributed by atoms with Gasteiger partial charge in [0, 0.05) is 38.9 Å². The van der Waals surface area contributed by atoms with Crippen molar-refractivity contribution in [1.82, 2.24) is 10.2 Å². The Bertz CT molecular complexity index is 238. The van der Waals surface area contributed by atoms with Gasteiger partial charge in [0.25, 0.3) is 0 Å². The lowest BCUT2D eigenvalue weighted by molar-refractivity contribution is 0.0699. The van der Waals surface area contributed by atoms with Gasteiger partial charge in [0.1, 0.15) is 0 Å². The molecule has 4 heteroatoms. The summed E-state index contributed by atoms with van der Waals surface area (Å²) >= 11 is 0. The molecule has 0 spiro atoms. The Morgan fingerprint density at radius 2 is 2.00 bits per heavy atom. The highest BCUT2D eigenvalue weighted by atomic mass is 16.5. The van der Waals surface area contributed by atoms with Crippen molar-refractivity contribution >= 4 is 0 Å². The fourth-order valence-corrected chi connectivity index (χ4v) is 3.03. The van der Waals surface area contributed by atoms with Gasteiger partial charge >= 0.3 is 0 Å². The van der Waals surface area contributed by atoms with Crippen molar-refractivity contribution in [2.45, 2.75) is 57.8 Å². The highest BCUT2D eigenvalue weighted by molar-refractivity contribution is 4.77. The van der Waals surface area contributed by atoms with Crippen LogP contribution in [0.5, 0.6) is 0 Å². The summed E-state index contributed by atoms with van der Waals surface area (Å²) in [4.78, 5) is 2.49. The molecule has 0 aromatic rings. The van der Waals surface area contributed by atoms with Crippen molar-refractivity contribution in [3.63, 3.8) is 0 Å². The maximum absolute atomic E-state index is 5.71. The second-order valence-electron chi connectivity index (χ2n) is 5.82. The normalized spacial score (nSPS) is 29.2. The number of likely N-dealkylation sites (N-methyl/N-ethyl adjacent to an activating group) is 1. The Hall–Kier alpha value is -0.160. The van der Waals surface area contributed by atoms with Gasteiger partial charge in [0.15, 0.2) is 0 Å². The van der Waals surface area contributed by atoms with Crippen LogP contribution in [0.25, 0.3) is 0 Å². The van der Waals surface area contributed by atoms with E-state index in [1.165, 1.54) is 25.7 Å². The standard InChI is InChI=1S/C15H30N2O2/c1-3-17(12-14-6-4-10-18-14)9-8-16-13(2)15-7-5-11-19-15/h13-16H,3-12H2,1-2H3. The Morgan fingerprint density at radius 1 is 1.21 bits per heavy atom. The third-order valence-electron chi connectivity index (χ3n) is 4.35. The van der Waals surface area contributed by atoms with Crippen molar-refractivity contribution in [3.8, 4) is 0 Å². The summed E-state index contributed by atoms with van der Waals surface area (Å²) in [6, 6.07) is 0.476. The van der Waals surface area contributed by atoms with E-state index in [0.29, 0.717) is 18.2 Å². The summed E-state index contributed by atoms with van der Waals surface area (Å²) in [5.74, 6) is 0. The third kappa shape index (κ3) is 5.03. The molecule has 0 bridgehead atoms. The van der Waals surface area contributed by atoms with Crippen molar-refractivity contribution in [3.05, 3.63) is 0 Å². The van der Waals surface area contributed by atoms with Gasteiger partial charge in [-0.25, -0.2) is 0 Å². The molecule has 2 aliphatic heterocycles. The van der Waals surface area contributed by atoms with Crippen LogP contribution in [0.1, 0.15) is 39.5 Å². The summed E-state index contributed by atoms with van der Waals surface area (Å²) in [7, 11) is 0. The first-order valence-corrected chi connectivity index (χ1v) is 7.98. The molecule has 2 fully saturated rings. The van der Waals surface area contributed by atoms with Gasteiger partial charge < -0.3 is 14.8 Å². The van der Waals surface area contributed by atoms with E-state index in [1.807, 2.05) is 0 Å². The number of nitrogens with one attached hydrogen (secondary N) is 1. The maximum Gasteiger partial charge on any atom is 0.0726 e. The van der Waals surface area contributed by atoms with E-state index in [0.717, 1.165) is 39.4 Å². The SMILES string of the molecule is CCN(CCNC(C)C1CCCO1)CC1CCCO1. The fourth-order valence-electron chi connectivity index (χ4n) is 3.03. The molecular formula is C15H30N2O2. The minimum absolute atomic E-state index is 0.424. The minimum Gasteiger partial charge on any atom is -0.377 e. The van der Waals surface area contributed by atoms with Crippen molar-refractivity contribution in [2.75, 3.05) is 39.4 Å². The maximum atomic E-state index is 5.71. The zero-order chi connectivity index (χ0) is 13.5. The van der Waals surface area contributed by atoms with E-state index in [1.54, 1.807) is 0 Å². The summed E-state index contributed by atoms with van der Waals surface area (Å²) in [5, 5.41) is 3.61. The van der Waals surface area contributed by atoms with Gasteiger partial charge in [-0.3, -0.25) is 4.90 Å². The van der Waals surface area contributed by atoms with Gasteiger partial charge in [-0.1, -0.05) is 6.92 Å². The van der Waals surface area contributed by atoms with E-state index in [-0.39, 0.29) is 0 Å². The first-order valence-electron chi connectivity index (χ1n) is 7.98. The molecule has 112 valence electrons. The van der Waals surface area contributed by atoms with Crippen LogP contribution in [0.2, 0.25) is 0 Å². The number of nitrogens with zero attached hydrogens (tertiary/aromatic N) is 1. The van der Waals surface area contributed by atoms with Gasteiger partial charge in [0.05, 0.1) is 12.2 Å². The third-order valence-corrected chi connectivity index (χ3v) is 4.35. The lowest BCUT2D eigenvalue weighted by Crippen LogP contribution is -2.43. The molecule has 4 nitrogen and oxygen atoms in total. The van der Waals surface area contributed by atoms with E-state index in [2.05, 4.69) is 24.1 Å². The number of hydrogen-bond acceptors (Lipinski definition) is 4. The summed E-state index contributed by atoms with van der Waals surface area (Å²) in [6.45, 7) is 10.7. The number of ether oxygens (including phenoxy) is 2. The van der Waals surface area contributed by atoms with Crippen LogP contribution >= 0.6 is 0 Å². The van der Waals surface area contributed by atoms with E-state index >= 15 is 0 Å². The van der Waals surface area contributed by atoms with Crippen LogP contribution in [-0.4, -0.2) is 62.5 Å². The zero-order valence-electron chi connectivity index (χ0n) is 12.6. The molecule has 2 saturated heterocycles. The zero-order valence-corrected chi connectivity index (χ0v) is 12.6. The van der Waals surface area contributed by atoms with Crippen LogP contribution in [0.4, 0.5) is 0 Å². The highest BCUT2D eigenvalue weighted by Gasteiger charge is 2.22. The second kappa shape index (κ2) is 8.20. The number of hydrogen-bond donors (Lipinski definition) is 1. The monoisotopic (exact) mass is 270 g/mol. The molecule has 1 N–H and O–H groups in total. The minimum atomic E-state index is 0.424. The molecule has 3 unspecified atom stereocenters. The molecule has 19 heavy (non-hydrogen) atoms. The largest absolute Gasteiger partial charge is 0.377 e. The van der Waals surface area contributed by atoms with Crippen LogP contribution in [0.3, 0.4) is 0 Å². The van der Waals surface area contributed by atoms with E-state index in [9.17, 15) is 0 Å². The van der Waals surface area contributed by atoms with Crippen molar-refractivity contribution in [2.24, 2.45) is 0 Å². The average molecular weight is 270 g/mol. The molecule has 3 atom stereocenters. The molecular weight excluding hydrogens is 240 g/mol. The Morgan fingerprint density at radius 3 is 2.63 bits per heavy atom. The lowest BCUT2D eigenvalue weighted by atomic mass is 10.1. The topological polar surface area (TPSA) is 33.7 Å². The second-order valence-corrected chi connectivity index (χ2v) is 5.82. The average Bonchev–Trinajstić information content (AvgIpc) is 3.10. The summed E-state index contributed by atoms with van der Waals surface area (Å²) < 4.78 is 11.4. The van der Waals surface area contributed by atoms with Gasteiger partial charge in [-0.05, 0) is 39.2 Å². The molecule has 0 radical (unpaired) electrons. The quantitative estimate of drug-likeness (QED) is 0.727. The summed E-state index contributed by atoms with van der Waals surface area (Å²) in [5.41, 5.74) is 0. The fraction of sp³-hybridized carbons (Fsp3) is 1.00. The number of rotatable bonds is 8. The van der Waals surface area contributed by atoms with Crippen LogP contribution in [-0.2, 0) is 9.47 Å². The molecule has 0 aliphatic carbocycles. The predicted molar refractivity (Wildman–Crippen MR) is 77.5 cm³/mol. The molecule has 2 aliphatic rings. The molecule has 2 heterocycles. The van der Waals surface area contributed by atoms with E-state index in [4.69, 9.17) is 9.47 Å². The van der Waals surface area contributed by atoms with E-state index < -0.39 is 0 Å². The Balaban J connectivity index is 1.59. The van der Waals surface area contributed by atoms with Gasteiger partial charge in [0.2, 0.25) is 0 Å². The molecule has 0 saturated carbocycles. The smallest absolute Gasteiger partial charge is 0.0726 e. The van der Waals surface area contributed by atoms with Crippen molar-refractivity contribution < 1.29 is 9.47 Å². The molecule has 0 aromatic heterocycles. The van der Waals surface area contributed by atoms with Crippen molar-refractivity contribution in [1.29, 1.82) is 0 Å². The lowest BCUT2D eigenvalue weighted by Gasteiger charge is -2.26. The van der Waals surface area contributed by atoms with Gasteiger partial charge in [-0.15, -0.1) is 0 Å². The molecule has 0 amide bonds. The molecule has 0 aromatic carbocycles. The first-order chi connectivity index (χ1) is 9.29. The van der Waals surface area contributed by atoms with Crippen LogP contribution < -0.4 is 5.32 Å². The Kier molecular flexibility index (Phi) is 6.57. The first kappa shape index (κ1) is 15.2. The summed E-state index contributed by atoms with van der Waals surface area (Å²) in [6.07, 6.45) is 5.79. The molecule has 2 rings (SSSR count). The van der Waals surface area contributed by atoms with Crippen LogP contribution in [0, 0.1) is 0 Å². The van der Waals surface area contributed by atoms with Gasteiger partial charge in [-0.2, -0.15) is 0 Å². The Labute approximate surface area is 117 Å².